The first kappa shape index (κ1) is 14.0. The molecule has 1 amide bonds. The molecule has 2 heterocycles. The summed E-state index contributed by atoms with van der Waals surface area (Å²) in [7, 11) is 0. The number of hydrogen-bond donors (Lipinski definition) is 2. The number of carbonyl (C=O) groups excluding carboxylic acids is 1. The monoisotopic (exact) mass is 276 g/mol. The molecule has 0 saturated carbocycles. The van der Waals surface area contributed by atoms with E-state index >= 15 is 0 Å². The molecule has 0 aliphatic heterocycles. The predicted octanol–water partition coefficient (Wildman–Crippen LogP) is 0.963. The lowest BCUT2D eigenvalue weighted by Gasteiger charge is -2.11. The van der Waals surface area contributed by atoms with E-state index in [0.29, 0.717) is 23.4 Å². The molecule has 0 bridgehead atoms. The minimum Gasteiger partial charge on any atom is -0.480 e. The average molecular weight is 276 g/mol. The number of aliphatic carboxylic acids is 1. The molecule has 0 aliphatic rings. The fourth-order valence-corrected chi connectivity index (χ4v) is 1.89. The summed E-state index contributed by atoms with van der Waals surface area (Å²) in [6.07, 6.45) is 1.64. The van der Waals surface area contributed by atoms with Crippen molar-refractivity contribution in [2.45, 2.75) is 33.4 Å². The molecule has 1 unspecified atom stereocenters. The highest BCUT2D eigenvalue weighted by atomic mass is 16.4. The number of amides is 1. The maximum absolute atomic E-state index is 12.1. The number of carboxylic acid groups (broad SMARTS) is 1. The lowest BCUT2D eigenvalue weighted by molar-refractivity contribution is -0.138. The minimum absolute atomic E-state index is 0.362. The van der Waals surface area contributed by atoms with E-state index in [9.17, 15) is 9.59 Å². The Labute approximate surface area is 115 Å². The first-order valence-corrected chi connectivity index (χ1v) is 6.30. The van der Waals surface area contributed by atoms with E-state index in [1.165, 1.54) is 6.92 Å². The summed E-state index contributed by atoms with van der Waals surface area (Å²) >= 11 is 0. The van der Waals surface area contributed by atoms with Crippen molar-refractivity contribution >= 4 is 22.9 Å². The predicted molar refractivity (Wildman–Crippen MR) is 72.5 cm³/mol. The van der Waals surface area contributed by atoms with E-state index in [0.717, 1.165) is 5.39 Å². The van der Waals surface area contributed by atoms with Crippen molar-refractivity contribution in [3.63, 3.8) is 0 Å². The van der Waals surface area contributed by atoms with E-state index in [4.69, 9.17) is 5.11 Å². The molecule has 0 aliphatic carbocycles. The fourth-order valence-electron chi connectivity index (χ4n) is 1.89. The minimum atomic E-state index is -1.08. The van der Waals surface area contributed by atoms with Crippen molar-refractivity contribution in [3.8, 4) is 0 Å². The third-order valence-corrected chi connectivity index (χ3v) is 3.06. The van der Waals surface area contributed by atoms with Crippen molar-refractivity contribution < 1.29 is 14.7 Å². The van der Waals surface area contributed by atoms with E-state index in [-0.39, 0.29) is 0 Å². The maximum Gasteiger partial charge on any atom is 0.325 e. The molecule has 0 saturated heterocycles. The molecule has 0 spiro atoms. The molecule has 2 rings (SSSR count). The van der Waals surface area contributed by atoms with Gasteiger partial charge in [-0.25, -0.2) is 9.67 Å². The Bertz CT molecular complexity index is 678. The quantitative estimate of drug-likeness (QED) is 0.867. The highest BCUT2D eigenvalue weighted by Crippen LogP contribution is 2.16. The average Bonchev–Trinajstić information content (AvgIpc) is 2.79. The second kappa shape index (κ2) is 5.28. The third kappa shape index (κ3) is 2.47. The topological polar surface area (TPSA) is 97.1 Å². The first-order chi connectivity index (χ1) is 9.43. The number of rotatable bonds is 4. The highest BCUT2D eigenvalue weighted by molar-refractivity contribution is 5.99. The Balaban J connectivity index is 2.37. The van der Waals surface area contributed by atoms with Crippen LogP contribution in [0.25, 0.3) is 11.0 Å². The van der Waals surface area contributed by atoms with E-state index in [1.54, 1.807) is 23.9 Å². The van der Waals surface area contributed by atoms with Gasteiger partial charge in [0.2, 0.25) is 0 Å². The summed E-state index contributed by atoms with van der Waals surface area (Å²) in [5.41, 5.74) is 1.62. The van der Waals surface area contributed by atoms with Crippen LogP contribution >= 0.6 is 0 Å². The van der Waals surface area contributed by atoms with Gasteiger partial charge >= 0.3 is 5.97 Å². The molecule has 106 valence electrons. The van der Waals surface area contributed by atoms with Gasteiger partial charge in [-0.15, -0.1) is 0 Å². The molecule has 7 heteroatoms. The van der Waals surface area contributed by atoms with Crippen LogP contribution in [0.1, 0.15) is 29.9 Å². The van der Waals surface area contributed by atoms with Gasteiger partial charge in [0.1, 0.15) is 6.04 Å². The molecule has 0 fully saturated rings. The zero-order valence-electron chi connectivity index (χ0n) is 11.5. The van der Waals surface area contributed by atoms with E-state index < -0.39 is 17.9 Å². The number of aromatic nitrogens is 3. The molecule has 2 aromatic rings. The lowest BCUT2D eigenvalue weighted by Crippen LogP contribution is -2.38. The van der Waals surface area contributed by atoms with Crippen LogP contribution in [0.2, 0.25) is 0 Å². The van der Waals surface area contributed by atoms with Gasteiger partial charge in [0.25, 0.3) is 5.91 Å². The second-order valence-corrected chi connectivity index (χ2v) is 4.53. The highest BCUT2D eigenvalue weighted by Gasteiger charge is 2.18. The standard InChI is InChI=1S/C13H16N4O3/c1-4-17-11-9(6-14-17)5-10(7(2)15-11)12(18)16-8(3)13(19)20/h5-6,8H,4H2,1-3H3,(H,16,18)(H,19,20). The Morgan fingerprint density at radius 1 is 1.50 bits per heavy atom. The van der Waals surface area contributed by atoms with Crippen LogP contribution < -0.4 is 5.32 Å². The first-order valence-electron chi connectivity index (χ1n) is 6.30. The van der Waals surface area contributed by atoms with Crippen molar-refractivity contribution in [1.82, 2.24) is 20.1 Å². The van der Waals surface area contributed by atoms with Crippen LogP contribution in [-0.4, -0.2) is 37.8 Å². The van der Waals surface area contributed by atoms with Crippen LogP contribution in [0.15, 0.2) is 12.3 Å². The van der Waals surface area contributed by atoms with Crippen LogP contribution in [-0.2, 0) is 11.3 Å². The molecular weight excluding hydrogens is 260 g/mol. The van der Waals surface area contributed by atoms with Gasteiger partial charge in [-0.1, -0.05) is 0 Å². The smallest absolute Gasteiger partial charge is 0.325 e. The molecule has 0 aromatic carbocycles. The molecule has 1 atom stereocenters. The van der Waals surface area contributed by atoms with Gasteiger partial charge in [0.05, 0.1) is 17.5 Å². The molecule has 2 N–H and O–H groups in total. The van der Waals surface area contributed by atoms with Crippen molar-refractivity contribution in [1.29, 1.82) is 0 Å². The normalized spacial score (nSPS) is 12.3. The summed E-state index contributed by atoms with van der Waals surface area (Å²) in [5.74, 6) is -1.53. The molecule has 2 aromatic heterocycles. The number of carboxylic acids is 1. The number of hydrogen-bond acceptors (Lipinski definition) is 4. The van der Waals surface area contributed by atoms with Gasteiger partial charge < -0.3 is 10.4 Å². The van der Waals surface area contributed by atoms with Crippen LogP contribution in [0.5, 0.6) is 0 Å². The SMILES string of the molecule is CCn1ncc2cc(C(=O)NC(C)C(=O)O)c(C)nc21. The second-order valence-electron chi connectivity index (χ2n) is 4.53. The van der Waals surface area contributed by atoms with Crippen molar-refractivity contribution in [2.75, 3.05) is 0 Å². The van der Waals surface area contributed by atoms with Gasteiger partial charge in [-0.05, 0) is 26.8 Å². The summed E-state index contributed by atoms with van der Waals surface area (Å²) in [4.78, 5) is 27.2. The van der Waals surface area contributed by atoms with Gasteiger partial charge in [0.15, 0.2) is 5.65 Å². The van der Waals surface area contributed by atoms with Crippen molar-refractivity contribution in [2.24, 2.45) is 0 Å². The summed E-state index contributed by atoms with van der Waals surface area (Å²) in [6.45, 7) is 5.78. The molecular formula is C13H16N4O3. The Morgan fingerprint density at radius 3 is 2.80 bits per heavy atom. The summed E-state index contributed by atoms with van der Waals surface area (Å²) < 4.78 is 1.74. The lowest BCUT2D eigenvalue weighted by atomic mass is 10.1. The van der Waals surface area contributed by atoms with Gasteiger partial charge in [-0.3, -0.25) is 9.59 Å². The molecule has 7 nitrogen and oxygen atoms in total. The Kier molecular flexibility index (Phi) is 3.69. The molecule has 0 radical (unpaired) electrons. The van der Waals surface area contributed by atoms with E-state index in [2.05, 4.69) is 15.4 Å². The zero-order chi connectivity index (χ0) is 14.9. The van der Waals surface area contributed by atoms with Gasteiger partial charge in [0, 0.05) is 11.9 Å². The Morgan fingerprint density at radius 2 is 2.20 bits per heavy atom. The molecule has 20 heavy (non-hydrogen) atoms. The van der Waals surface area contributed by atoms with Crippen LogP contribution in [0, 0.1) is 6.92 Å². The zero-order valence-corrected chi connectivity index (χ0v) is 11.5. The van der Waals surface area contributed by atoms with E-state index in [1.807, 2.05) is 6.92 Å². The number of carbonyl (C=O) groups is 2. The Hall–Kier alpha value is -2.44. The third-order valence-electron chi connectivity index (χ3n) is 3.06. The number of nitrogens with zero attached hydrogens (tertiary/aromatic N) is 3. The number of pyridine rings is 1. The largest absolute Gasteiger partial charge is 0.480 e. The van der Waals surface area contributed by atoms with Crippen molar-refractivity contribution in [3.05, 3.63) is 23.5 Å². The number of nitrogens with one attached hydrogen (secondary N) is 1. The number of aryl methyl sites for hydroxylation is 2. The number of fused-ring (bicyclic) bond motifs is 1. The van der Waals surface area contributed by atoms with Gasteiger partial charge in [-0.2, -0.15) is 5.10 Å². The maximum atomic E-state index is 12.1. The summed E-state index contributed by atoms with van der Waals surface area (Å²) in [5, 5.41) is 16.2. The van der Waals surface area contributed by atoms with Crippen LogP contribution in [0.3, 0.4) is 0 Å². The summed E-state index contributed by atoms with van der Waals surface area (Å²) in [6, 6.07) is 0.733. The fraction of sp³-hybridized carbons (Fsp3) is 0.385. The van der Waals surface area contributed by atoms with Crippen LogP contribution in [0.4, 0.5) is 0 Å².